The summed E-state index contributed by atoms with van der Waals surface area (Å²) < 4.78 is 26.6. The quantitative estimate of drug-likeness (QED) is 0.476. The third-order valence-electron chi connectivity index (χ3n) is 2.22. The number of benzene rings is 1. The Morgan fingerprint density at radius 1 is 1.28 bits per heavy atom. The molecule has 0 aliphatic heterocycles. The van der Waals surface area contributed by atoms with Crippen molar-refractivity contribution in [3.05, 3.63) is 57.2 Å². The molecule has 0 aliphatic rings. The lowest BCUT2D eigenvalue weighted by molar-refractivity contribution is -0.384. The first-order valence-corrected chi connectivity index (χ1v) is 5.13. The molecule has 0 radical (unpaired) electrons. The molecule has 92 valence electrons. The van der Waals surface area contributed by atoms with Gasteiger partial charge in [0.2, 0.25) is 0 Å². The molecule has 0 N–H and O–H groups in total. The maximum atomic E-state index is 13.5. The highest BCUT2D eigenvalue weighted by atomic mass is 35.5. The van der Waals surface area contributed by atoms with Crippen molar-refractivity contribution in [3.63, 3.8) is 0 Å². The largest absolute Gasteiger partial charge is 0.274 e. The molecular formula is C11H5ClF2N2O2. The highest BCUT2D eigenvalue weighted by Crippen LogP contribution is 2.27. The highest BCUT2D eigenvalue weighted by molar-refractivity contribution is 6.29. The molecule has 0 spiro atoms. The lowest BCUT2D eigenvalue weighted by Crippen LogP contribution is -1.95. The van der Waals surface area contributed by atoms with Crippen molar-refractivity contribution in [1.82, 2.24) is 4.98 Å². The minimum atomic E-state index is -1.12. The van der Waals surface area contributed by atoms with Crippen molar-refractivity contribution in [2.45, 2.75) is 0 Å². The maximum Gasteiger partial charge on any atom is 0.274 e. The Hall–Kier alpha value is -2.08. The Bertz CT molecular complexity index is 634. The van der Waals surface area contributed by atoms with Crippen molar-refractivity contribution in [1.29, 1.82) is 0 Å². The van der Waals surface area contributed by atoms with Crippen LogP contribution in [-0.4, -0.2) is 9.91 Å². The number of hydrogen-bond donors (Lipinski definition) is 0. The SMILES string of the molecule is O=[N+]([O-])c1cc(Cl)nc(-c2cccc(F)c2F)c1. The molecule has 0 atom stereocenters. The third-order valence-corrected chi connectivity index (χ3v) is 2.41. The molecule has 1 aromatic carbocycles. The van der Waals surface area contributed by atoms with E-state index in [1.54, 1.807) is 0 Å². The zero-order valence-corrected chi connectivity index (χ0v) is 9.49. The van der Waals surface area contributed by atoms with E-state index in [1.165, 1.54) is 12.1 Å². The van der Waals surface area contributed by atoms with Gasteiger partial charge in [-0.2, -0.15) is 0 Å². The van der Waals surface area contributed by atoms with E-state index in [0.29, 0.717) is 0 Å². The van der Waals surface area contributed by atoms with E-state index in [4.69, 9.17) is 11.6 Å². The Balaban J connectivity index is 2.64. The van der Waals surface area contributed by atoms with Gasteiger partial charge in [-0.05, 0) is 12.1 Å². The summed E-state index contributed by atoms with van der Waals surface area (Å²) in [6, 6.07) is 5.55. The Morgan fingerprint density at radius 3 is 2.67 bits per heavy atom. The van der Waals surface area contributed by atoms with Crippen LogP contribution < -0.4 is 0 Å². The second-order valence-electron chi connectivity index (χ2n) is 3.39. The molecule has 1 aromatic heterocycles. The summed E-state index contributed by atoms with van der Waals surface area (Å²) in [4.78, 5) is 13.7. The Morgan fingerprint density at radius 2 is 2.00 bits per heavy atom. The summed E-state index contributed by atoms with van der Waals surface area (Å²) >= 11 is 5.60. The summed E-state index contributed by atoms with van der Waals surface area (Å²) in [6.07, 6.45) is 0. The van der Waals surface area contributed by atoms with Gasteiger partial charge in [0.05, 0.1) is 16.7 Å². The van der Waals surface area contributed by atoms with Crippen molar-refractivity contribution in [3.8, 4) is 11.3 Å². The van der Waals surface area contributed by atoms with Gasteiger partial charge in [-0.25, -0.2) is 13.8 Å². The molecule has 2 rings (SSSR count). The fourth-order valence-corrected chi connectivity index (χ4v) is 1.63. The van der Waals surface area contributed by atoms with Crippen molar-refractivity contribution in [2.75, 3.05) is 0 Å². The molecule has 4 nitrogen and oxygen atoms in total. The van der Waals surface area contributed by atoms with Crippen LogP contribution in [0.1, 0.15) is 0 Å². The van der Waals surface area contributed by atoms with Crippen LogP contribution in [0.5, 0.6) is 0 Å². The monoisotopic (exact) mass is 270 g/mol. The molecule has 0 bridgehead atoms. The first-order valence-electron chi connectivity index (χ1n) is 4.75. The number of nitrogens with zero attached hydrogens (tertiary/aromatic N) is 2. The Labute approximate surface area is 105 Å². The van der Waals surface area contributed by atoms with Crippen molar-refractivity contribution < 1.29 is 13.7 Å². The lowest BCUT2D eigenvalue weighted by atomic mass is 10.1. The molecule has 2 aromatic rings. The summed E-state index contributed by atoms with van der Waals surface area (Å²) in [5.41, 5.74) is -0.611. The van der Waals surface area contributed by atoms with Gasteiger partial charge in [-0.1, -0.05) is 17.7 Å². The van der Waals surface area contributed by atoms with Crippen LogP contribution in [-0.2, 0) is 0 Å². The molecular weight excluding hydrogens is 266 g/mol. The van der Waals surface area contributed by atoms with E-state index in [-0.39, 0.29) is 22.1 Å². The van der Waals surface area contributed by atoms with Gasteiger partial charge >= 0.3 is 0 Å². The Kier molecular flexibility index (Phi) is 3.20. The lowest BCUT2D eigenvalue weighted by Gasteiger charge is -2.03. The summed E-state index contributed by atoms with van der Waals surface area (Å²) in [5, 5.41) is 10.5. The second kappa shape index (κ2) is 4.66. The molecule has 1 heterocycles. The van der Waals surface area contributed by atoms with Crippen LogP contribution in [0.15, 0.2) is 30.3 Å². The fraction of sp³-hybridized carbons (Fsp3) is 0. The minimum absolute atomic E-state index is 0.0915. The summed E-state index contributed by atoms with van der Waals surface area (Å²) in [6.45, 7) is 0. The standard InChI is InChI=1S/C11H5ClF2N2O2/c12-10-5-6(16(17)18)4-9(15-10)7-2-1-3-8(13)11(7)14/h1-5H. The van der Waals surface area contributed by atoms with Gasteiger partial charge in [-0.3, -0.25) is 10.1 Å². The molecule has 18 heavy (non-hydrogen) atoms. The van der Waals surface area contributed by atoms with E-state index in [1.807, 2.05) is 0 Å². The van der Waals surface area contributed by atoms with Crippen molar-refractivity contribution in [2.24, 2.45) is 0 Å². The van der Waals surface area contributed by atoms with Crippen LogP contribution in [0.25, 0.3) is 11.3 Å². The second-order valence-corrected chi connectivity index (χ2v) is 3.78. The number of hydrogen-bond acceptors (Lipinski definition) is 3. The normalized spacial score (nSPS) is 10.4. The van der Waals surface area contributed by atoms with E-state index in [0.717, 1.165) is 18.2 Å². The minimum Gasteiger partial charge on any atom is -0.258 e. The van der Waals surface area contributed by atoms with Gasteiger partial charge in [-0.15, -0.1) is 0 Å². The number of rotatable bonds is 2. The van der Waals surface area contributed by atoms with Crippen LogP contribution in [0.4, 0.5) is 14.5 Å². The zero-order valence-electron chi connectivity index (χ0n) is 8.73. The maximum absolute atomic E-state index is 13.5. The van der Waals surface area contributed by atoms with Gasteiger partial charge in [0.25, 0.3) is 5.69 Å². The van der Waals surface area contributed by atoms with E-state index < -0.39 is 16.6 Å². The molecule has 0 saturated heterocycles. The molecule has 0 amide bonds. The van der Waals surface area contributed by atoms with Crippen LogP contribution >= 0.6 is 11.6 Å². The smallest absolute Gasteiger partial charge is 0.258 e. The van der Waals surface area contributed by atoms with Gasteiger partial charge in [0.15, 0.2) is 11.6 Å². The summed E-state index contributed by atoms with van der Waals surface area (Å²) in [7, 11) is 0. The number of aromatic nitrogens is 1. The zero-order chi connectivity index (χ0) is 13.3. The van der Waals surface area contributed by atoms with Gasteiger partial charge in [0.1, 0.15) is 5.15 Å². The first-order chi connectivity index (χ1) is 8.49. The first kappa shape index (κ1) is 12.4. The van der Waals surface area contributed by atoms with Gasteiger partial charge < -0.3 is 0 Å². The third kappa shape index (κ3) is 2.28. The summed E-state index contributed by atoms with van der Waals surface area (Å²) in [5.74, 6) is -2.18. The van der Waals surface area contributed by atoms with Crippen molar-refractivity contribution >= 4 is 17.3 Å². The molecule has 0 aliphatic carbocycles. The fourth-order valence-electron chi connectivity index (χ4n) is 1.43. The molecule has 0 saturated carbocycles. The van der Waals surface area contributed by atoms with E-state index >= 15 is 0 Å². The van der Waals surface area contributed by atoms with Crippen LogP contribution in [0, 0.1) is 21.7 Å². The van der Waals surface area contributed by atoms with Gasteiger partial charge in [0, 0.05) is 11.6 Å². The van der Waals surface area contributed by atoms with E-state index in [2.05, 4.69) is 4.98 Å². The predicted octanol–water partition coefficient (Wildman–Crippen LogP) is 3.59. The molecule has 0 fully saturated rings. The molecule has 0 unspecified atom stereocenters. The number of nitro groups is 1. The topological polar surface area (TPSA) is 56.0 Å². The van der Waals surface area contributed by atoms with E-state index in [9.17, 15) is 18.9 Å². The number of halogens is 3. The number of pyridine rings is 1. The average Bonchev–Trinajstić information content (AvgIpc) is 2.31. The average molecular weight is 271 g/mol. The predicted molar refractivity (Wildman–Crippen MR) is 61.3 cm³/mol. The van der Waals surface area contributed by atoms with Crippen LogP contribution in [0.2, 0.25) is 5.15 Å². The van der Waals surface area contributed by atoms with Crippen LogP contribution in [0.3, 0.4) is 0 Å². The molecule has 7 heteroatoms. The highest BCUT2D eigenvalue weighted by Gasteiger charge is 2.16.